The second-order valence-electron chi connectivity index (χ2n) is 7.57. The normalized spacial score (nSPS) is 28.8. The molecule has 0 unspecified atom stereocenters. The minimum absolute atomic E-state index is 0.0347. The molecule has 1 aromatic carbocycles. The molecule has 0 N–H and O–H groups in total. The SMILES string of the molecule is COc1ccc(C(=O)N2CC[C@@]3(C[C@@H](N4CCCC4=O)CCO3)C2)cc1. The summed E-state index contributed by atoms with van der Waals surface area (Å²) >= 11 is 0. The lowest BCUT2D eigenvalue weighted by Crippen LogP contribution is -2.50. The molecule has 1 aromatic rings. The lowest BCUT2D eigenvalue weighted by atomic mass is 9.89. The molecule has 0 bridgehead atoms. The van der Waals surface area contributed by atoms with Gasteiger partial charge >= 0.3 is 0 Å². The Morgan fingerprint density at radius 3 is 2.77 bits per heavy atom. The van der Waals surface area contributed by atoms with Gasteiger partial charge in [-0.25, -0.2) is 0 Å². The Morgan fingerprint density at radius 2 is 2.08 bits per heavy atom. The van der Waals surface area contributed by atoms with E-state index in [1.165, 1.54) is 0 Å². The molecule has 140 valence electrons. The Labute approximate surface area is 154 Å². The van der Waals surface area contributed by atoms with Crippen molar-refractivity contribution in [2.75, 3.05) is 33.4 Å². The highest BCUT2D eigenvalue weighted by Crippen LogP contribution is 2.37. The minimum Gasteiger partial charge on any atom is -0.497 e. The van der Waals surface area contributed by atoms with E-state index in [1.807, 2.05) is 21.9 Å². The monoisotopic (exact) mass is 358 g/mol. The van der Waals surface area contributed by atoms with E-state index in [0.717, 1.165) is 38.0 Å². The number of ether oxygens (including phenoxy) is 2. The van der Waals surface area contributed by atoms with Crippen molar-refractivity contribution in [3.05, 3.63) is 29.8 Å². The predicted octanol–water partition coefficient (Wildman–Crippen LogP) is 2.08. The van der Waals surface area contributed by atoms with Crippen LogP contribution in [0.15, 0.2) is 24.3 Å². The van der Waals surface area contributed by atoms with Crippen LogP contribution >= 0.6 is 0 Å². The third-order valence-corrected chi connectivity index (χ3v) is 5.96. The van der Waals surface area contributed by atoms with Crippen LogP contribution in [0.25, 0.3) is 0 Å². The van der Waals surface area contributed by atoms with Gasteiger partial charge in [-0.3, -0.25) is 9.59 Å². The molecule has 26 heavy (non-hydrogen) atoms. The number of methoxy groups -OCH3 is 1. The number of amides is 2. The first-order valence-electron chi connectivity index (χ1n) is 9.47. The number of rotatable bonds is 3. The second kappa shape index (κ2) is 6.91. The predicted molar refractivity (Wildman–Crippen MR) is 96.2 cm³/mol. The van der Waals surface area contributed by atoms with E-state index >= 15 is 0 Å². The molecular weight excluding hydrogens is 332 g/mol. The van der Waals surface area contributed by atoms with Gasteiger partial charge in [0.1, 0.15) is 5.75 Å². The summed E-state index contributed by atoms with van der Waals surface area (Å²) in [6, 6.07) is 7.49. The molecule has 3 saturated heterocycles. The number of carbonyl (C=O) groups is 2. The minimum atomic E-state index is -0.298. The average molecular weight is 358 g/mol. The summed E-state index contributed by atoms with van der Waals surface area (Å²) in [5.41, 5.74) is 0.374. The molecule has 6 nitrogen and oxygen atoms in total. The fourth-order valence-corrected chi connectivity index (χ4v) is 4.54. The molecule has 0 aliphatic carbocycles. The van der Waals surface area contributed by atoms with Gasteiger partial charge in [0.2, 0.25) is 5.91 Å². The van der Waals surface area contributed by atoms with Crippen LogP contribution in [0.1, 0.15) is 42.5 Å². The number of likely N-dealkylation sites (tertiary alicyclic amines) is 2. The molecule has 3 aliphatic rings. The zero-order valence-electron chi connectivity index (χ0n) is 15.3. The summed E-state index contributed by atoms with van der Waals surface area (Å²) in [6.07, 6.45) is 4.22. The highest BCUT2D eigenvalue weighted by molar-refractivity contribution is 5.94. The first-order valence-corrected chi connectivity index (χ1v) is 9.47. The summed E-state index contributed by atoms with van der Waals surface area (Å²) in [4.78, 5) is 28.8. The van der Waals surface area contributed by atoms with Crippen molar-refractivity contribution in [1.29, 1.82) is 0 Å². The van der Waals surface area contributed by atoms with Gasteiger partial charge in [0.05, 0.1) is 19.3 Å². The molecule has 3 aliphatic heterocycles. The van der Waals surface area contributed by atoms with Crippen LogP contribution in [-0.4, -0.2) is 66.6 Å². The van der Waals surface area contributed by atoms with Crippen molar-refractivity contribution in [3.63, 3.8) is 0 Å². The quantitative estimate of drug-likeness (QED) is 0.830. The number of benzene rings is 1. The number of carbonyl (C=O) groups excluding carboxylic acids is 2. The van der Waals surface area contributed by atoms with Crippen LogP contribution < -0.4 is 4.74 Å². The third-order valence-electron chi connectivity index (χ3n) is 5.96. The largest absolute Gasteiger partial charge is 0.497 e. The summed E-state index contributed by atoms with van der Waals surface area (Å²) in [7, 11) is 1.61. The highest BCUT2D eigenvalue weighted by atomic mass is 16.5. The van der Waals surface area contributed by atoms with Crippen molar-refractivity contribution in [2.24, 2.45) is 0 Å². The molecule has 3 heterocycles. The molecule has 2 atom stereocenters. The maximum Gasteiger partial charge on any atom is 0.253 e. The maximum absolute atomic E-state index is 12.8. The molecule has 0 radical (unpaired) electrons. The van der Waals surface area contributed by atoms with Crippen LogP contribution in [0.5, 0.6) is 5.75 Å². The molecule has 0 aromatic heterocycles. The van der Waals surface area contributed by atoms with Gasteiger partial charge in [-0.2, -0.15) is 0 Å². The smallest absolute Gasteiger partial charge is 0.253 e. The zero-order chi connectivity index (χ0) is 18.1. The average Bonchev–Trinajstić information content (AvgIpc) is 3.28. The van der Waals surface area contributed by atoms with Crippen molar-refractivity contribution >= 4 is 11.8 Å². The number of hydrogen-bond donors (Lipinski definition) is 0. The van der Waals surface area contributed by atoms with Crippen molar-refractivity contribution in [1.82, 2.24) is 9.80 Å². The van der Waals surface area contributed by atoms with Gasteiger partial charge < -0.3 is 19.3 Å². The van der Waals surface area contributed by atoms with Gasteiger partial charge in [-0.1, -0.05) is 0 Å². The zero-order valence-corrected chi connectivity index (χ0v) is 15.3. The van der Waals surface area contributed by atoms with E-state index in [-0.39, 0.29) is 23.5 Å². The first-order chi connectivity index (χ1) is 12.6. The Hall–Kier alpha value is -2.08. The Kier molecular flexibility index (Phi) is 4.61. The summed E-state index contributed by atoms with van der Waals surface area (Å²) in [5, 5.41) is 0. The Bertz CT molecular complexity index is 690. The summed E-state index contributed by atoms with van der Waals surface area (Å²) in [6.45, 7) is 2.84. The van der Waals surface area contributed by atoms with Gasteiger partial charge in [0.15, 0.2) is 0 Å². The molecular formula is C20H26N2O4. The topological polar surface area (TPSA) is 59.1 Å². The van der Waals surface area contributed by atoms with E-state index in [1.54, 1.807) is 19.2 Å². The van der Waals surface area contributed by atoms with Crippen molar-refractivity contribution < 1.29 is 19.1 Å². The fraction of sp³-hybridized carbons (Fsp3) is 0.600. The van der Waals surface area contributed by atoms with Gasteiger partial charge in [-0.15, -0.1) is 0 Å². The number of hydrogen-bond acceptors (Lipinski definition) is 4. The van der Waals surface area contributed by atoms with E-state index in [4.69, 9.17) is 9.47 Å². The Morgan fingerprint density at radius 1 is 1.27 bits per heavy atom. The summed E-state index contributed by atoms with van der Waals surface area (Å²) < 4.78 is 11.3. The Balaban J connectivity index is 1.43. The molecule has 6 heteroatoms. The molecule has 4 rings (SSSR count). The van der Waals surface area contributed by atoms with E-state index in [2.05, 4.69) is 0 Å². The third kappa shape index (κ3) is 3.18. The van der Waals surface area contributed by atoms with Crippen LogP contribution in [-0.2, 0) is 9.53 Å². The number of nitrogens with zero attached hydrogens (tertiary/aromatic N) is 2. The van der Waals surface area contributed by atoms with Gasteiger partial charge in [0.25, 0.3) is 5.91 Å². The highest BCUT2D eigenvalue weighted by Gasteiger charge is 2.46. The van der Waals surface area contributed by atoms with E-state index in [0.29, 0.717) is 31.7 Å². The fourth-order valence-electron chi connectivity index (χ4n) is 4.54. The van der Waals surface area contributed by atoms with Gasteiger partial charge in [0, 0.05) is 37.7 Å². The van der Waals surface area contributed by atoms with Crippen LogP contribution in [0.2, 0.25) is 0 Å². The molecule has 2 amide bonds. The summed E-state index contributed by atoms with van der Waals surface area (Å²) in [5.74, 6) is 1.05. The lowest BCUT2D eigenvalue weighted by Gasteiger charge is -2.41. The molecule has 0 saturated carbocycles. The van der Waals surface area contributed by atoms with Crippen LogP contribution in [0, 0.1) is 0 Å². The van der Waals surface area contributed by atoms with Crippen molar-refractivity contribution in [3.8, 4) is 5.75 Å². The maximum atomic E-state index is 12.8. The molecule has 3 fully saturated rings. The van der Waals surface area contributed by atoms with Gasteiger partial charge in [-0.05, 0) is 49.9 Å². The van der Waals surface area contributed by atoms with E-state index in [9.17, 15) is 9.59 Å². The van der Waals surface area contributed by atoms with E-state index < -0.39 is 0 Å². The standard InChI is InChI=1S/C20H26N2O4/c1-25-17-6-4-15(5-7-17)19(24)21-11-9-20(14-21)13-16(8-12-26-20)22-10-2-3-18(22)23/h4-7,16H,2-3,8-14H2,1H3/t16-,20+/m0/s1. The first kappa shape index (κ1) is 17.3. The van der Waals surface area contributed by atoms with Crippen LogP contribution in [0.4, 0.5) is 0 Å². The molecule has 1 spiro atoms. The lowest BCUT2D eigenvalue weighted by molar-refractivity contribution is -0.137. The van der Waals surface area contributed by atoms with Crippen molar-refractivity contribution in [2.45, 2.75) is 43.7 Å². The second-order valence-corrected chi connectivity index (χ2v) is 7.57. The van der Waals surface area contributed by atoms with Crippen LogP contribution in [0.3, 0.4) is 0 Å².